The lowest BCUT2D eigenvalue weighted by atomic mass is 9.12. The molecule has 0 saturated carbocycles. The third-order valence-electron chi connectivity index (χ3n) is 8.99. The van der Waals surface area contributed by atoms with Crippen LogP contribution in [-0.2, 0) is 13.0 Å². The van der Waals surface area contributed by atoms with E-state index in [0.717, 1.165) is 12.2 Å². The van der Waals surface area contributed by atoms with Gasteiger partial charge in [-0.25, -0.2) is 92.8 Å². The lowest BCUT2D eigenvalue weighted by molar-refractivity contribution is -0.689. The van der Waals surface area contributed by atoms with E-state index in [-0.39, 0.29) is 0 Å². The Bertz CT molecular complexity index is 2400. The van der Waals surface area contributed by atoms with Gasteiger partial charge < -0.3 is 0 Å². The third-order valence-corrected chi connectivity index (χ3v) is 8.99. The fourth-order valence-electron chi connectivity index (χ4n) is 6.42. The van der Waals surface area contributed by atoms with Gasteiger partial charge in [0, 0.05) is 5.56 Å². The topological polar surface area (TPSA) is 40.6 Å². The van der Waals surface area contributed by atoms with Gasteiger partial charge in [0.05, 0.1) is 18.7 Å². The van der Waals surface area contributed by atoms with Crippen LogP contribution >= 0.6 is 0 Å². The van der Waals surface area contributed by atoms with Crippen molar-refractivity contribution in [1.29, 1.82) is 5.26 Å². The average molecular weight is 889 g/mol. The maximum absolute atomic E-state index is 15.4. The summed E-state index contributed by atoms with van der Waals surface area (Å²) in [5, 5.41) is 8.60. The van der Waals surface area contributed by atoms with Crippen LogP contribution in [0.5, 0.6) is 0 Å². The Morgan fingerprint density at radius 3 is 0.984 bits per heavy atom. The smallest absolute Gasteiger partial charge is 0.200 e. The zero-order valence-corrected chi connectivity index (χ0v) is 29.0. The molecule has 0 fully saturated rings. The zero-order valence-electron chi connectivity index (χ0n) is 29.0. The second-order valence-electron chi connectivity index (χ2n) is 12.3. The van der Waals surface area contributed by atoms with Crippen LogP contribution in [0.25, 0.3) is 0 Å². The van der Waals surface area contributed by atoms with Crippen molar-refractivity contribution in [3.63, 3.8) is 0 Å². The highest BCUT2D eigenvalue weighted by Gasteiger charge is 2.52. The van der Waals surface area contributed by atoms with Crippen molar-refractivity contribution >= 4 is 28.0 Å². The predicted molar refractivity (Wildman–Crippen MR) is 169 cm³/mol. The van der Waals surface area contributed by atoms with Gasteiger partial charge in [-0.1, -0.05) is 30.3 Å². The molecule has 1 aromatic heterocycles. The molecule has 0 bridgehead atoms. The maximum Gasteiger partial charge on any atom is 0.200 e. The first-order valence-corrected chi connectivity index (χ1v) is 16.1. The van der Waals surface area contributed by atoms with Crippen molar-refractivity contribution in [2.24, 2.45) is 0 Å². The molecule has 0 aliphatic rings. The van der Waals surface area contributed by atoms with E-state index < -0.39 is 144 Å². The van der Waals surface area contributed by atoms with Crippen LogP contribution in [0.4, 0.5) is 87.8 Å². The SMILES string of the molecule is Fc1c(F)c(F)c([B-](c2c(F)c(F)c(F)c(F)c2F)(c2c(F)c(F)c(F)c(F)c2F)c2c(F)c(F)c(F)c(F)c2F)c(F)c1F.N#CCc1c[n+](Cc2ccccc2)ccn1. The van der Waals surface area contributed by atoms with Crippen molar-refractivity contribution in [1.82, 2.24) is 4.98 Å². The number of hydrogen-bond donors (Lipinski definition) is 0. The molecular formula is C37H12BF20N3. The summed E-state index contributed by atoms with van der Waals surface area (Å²) in [5.74, 6) is -71.4. The minimum atomic E-state index is -7.22. The average Bonchev–Trinajstić information content (AvgIpc) is 3.24. The van der Waals surface area contributed by atoms with Gasteiger partial charge in [0.25, 0.3) is 0 Å². The second-order valence-corrected chi connectivity index (χ2v) is 12.3. The van der Waals surface area contributed by atoms with Crippen molar-refractivity contribution in [3.05, 3.63) is 177 Å². The highest BCUT2D eigenvalue weighted by molar-refractivity contribution is 7.20. The standard InChI is InChI=1S/C24BF20.C13H12N3/c26-5-1(6(27)14(35)21(42)13(5)34)25(2-7(28)15(36)22(43)16(37)8(2)29,3-9(30)17(38)23(44)18(39)10(3)31)4-11(32)19(40)24(45)20(41)12(4)33;14-7-6-13-11-16(9-8-15-13)10-12-4-2-1-3-5-12/h;1-5,8-9,11H,6,10H2/q-1;+1. The largest absolute Gasteiger partial charge is 0.248 e. The molecule has 1 heterocycles. The number of halogens is 20. The van der Waals surface area contributed by atoms with E-state index in [4.69, 9.17) is 5.26 Å². The minimum absolute atomic E-state index is 0.357. The molecule has 5 aromatic carbocycles. The van der Waals surface area contributed by atoms with Gasteiger partial charge in [-0.2, -0.15) is 9.83 Å². The maximum atomic E-state index is 15.4. The van der Waals surface area contributed by atoms with E-state index in [1.54, 1.807) is 6.20 Å². The molecule has 24 heteroatoms. The van der Waals surface area contributed by atoms with E-state index in [1.165, 1.54) is 5.56 Å². The molecule has 0 unspecified atom stereocenters. The van der Waals surface area contributed by atoms with E-state index in [1.807, 2.05) is 35.2 Å². The van der Waals surface area contributed by atoms with Gasteiger partial charge in [0.1, 0.15) is 58.4 Å². The minimum Gasteiger partial charge on any atom is -0.248 e. The van der Waals surface area contributed by atoms with E-state index in [2.05, 4.69) is 23.2 Å². The summed E-state index contributed by atoms with van der Waals surface area (Å²) in [6.07, 6.45) is -1.30. The molecule has 6 aromatic rings. The number of nitrogens with zero attached hydrogens (tertiary/aromatic N) is 3. The first kappa shape index (κ1) is 45.4. The van der Waals surface area contributed by atoms with E-state index in [9.17, 15) is 52.7 Å². The Labute approximate surface area is 326 Å². The molecule has 0 aliphatic heterocycles. The van der Waals surface area contributed by atoms with Gasteiger partial charge in [-0.05, 0) is 0 Å². The summed E-state index contributed by atoms with van der Waals surface area (Å²) < 4.78 is 296. The lowest BCUT2D eigenvalue weighted by Crippen LogP contribution is -2.81. The molecule has 0 N–H and O–H groups in total. The van der Waals surface area contributed by atoms with E-state index in [0.29, 0.717) is 6.42 Å². The number of aromatic nitrogens is 2. The first-order chi connectivity index (χ1) is 28.6. The van der Waals surface area contributed by atoms with Crippen LogP contribution in [0, 0.1) is 128 Å². The van der Waals surface area contributed by atoms with Crippen molar-refractivity contribution < 1.29 is 92.4 Å². The normalized spacial score (nSPS) is 11.4. The van der Waals surface area contributed by atoms with Crippen LogP contribution in [-0.4, -0.2) is 11.1 Å². The first-order valence-electron chi connectivity index (χ1n) is 16.1. The second kappa shape index (κ2) is 17.1. The molecule has 0 saturated heterocycles. The van der Waals surface area contributed by atoms with Crippen LogP contribution in [0.2, 0.25) is 0 Å². The fraction of sp³-hybridized carbons (Fsp3) is 0.0541. The molecule has 318 valence electrons. The van der Waals surface area contributed by atoms with Crippen LogP contribution < -0.4 is 26.4 Å². The van der Waals surface area contributed by atoms with Crippen molar-refractivity contribution in [2.75, 3.05) is 0 Å². The van der Waals surface area contributed by atoms with Crippen molar-refractivity contribution in [3.8, 4) is 6.07 Å². The Morgan fingerprint density at radius 2 is 0.705 bits per heavy atom. The summed E-state index contributed by atoms with van der Waals surface area (Å²) in [7, 11) is 0. The summed E-state index contributed by atoms with van der Waals surface area (Å²) in [6, 6.07) is 12.3. The van der Waals surface area contributed by atoms with Gasteiger partial charge in [-0.15, -0.1) is 21.9 Å². The summed E-state index contributed by atoms with van der Waals surface area (Å²) in [6.45, 7) is 0.807. The zero-order chi connectivity index (χ0) is 45.6. The number of benzene rings is 5. The third kappa shape index (κ3) is 7.34. The summed E-state index contributed by atoms with van der Waals surface area (Å²) >= 11 is 0. The molecule has 0 amide bonds. The molecular weight excluding hydrogens is 877 g/mol. The van der Waals surface area contributed by atoms with Crippen LogP contribution in [0.15, 0.2) is 48.9 Å². The van der Waals surface area contributed by atoms with Gasteiger partial charge >= 0.3 is 0 Å². The molecule has 61 heavy (non-hydrogen) atoms. The van der Waals surface area contributed by atoms with Gasteiger partial charge in [0.15, 0.2) is 88.7 Å². The summed E-state index contributed by atoms with van der Waals surface area (Å²) in [5.41, 5.74) is -12.3. The Kier molecular flexibility index (Phi) is 12.8. The molecule has 0 atom stereocenters. The number of nitriles is 1. The number of rotatable bonds is 7. The molecule has 6 rings (SSSR count). The quantitative estimate of drug-likeness (QED) is 0.0555. The van der Waals surface area contributed by atoms with Gasteiger partial charge in [0.2, 0.25) is 0 Å². The Morgan fingerprint density at radius 1 is 0.426 bits per heavy atom. The van der Waals surface area contributed by atoms with Crippen LogP contribution in [0.3, 0.4) is 0 Å². The fourth-order valence-corrected chi connectivity index (χ4v) is 6.42. The van der Waals surface area contributed by atoms with Crippen molar-refractivity contribution in [2.45, 2.75) is 13.0 Å². The Balaban J connectivity index is 0.000000366. The Hall–Kier alpha value is -6.67. The molecule has 3 nitrogen and oxygen atoms in total. The predicted octanol–water partition coefficient (Wildman–Crippen LogP) is 7.33. The molecule has 0 aliphatic carbocycles. The lowest BCUT2D eigenvalue weighted by Gasteiger charge is -2.44. The molecule has 0 radical (unpaired) electrons. The number of hydrogen-bond acceptors (Lipinski definition) is 2. The van der Waals surface area contributed by atoms with Gasteiger partial charge in [-0.3, -0.25) is 0 Å². The summed E-state index contributed by atoms with van der Waals surface area (Å²) in [4.78, 5) is 4.13. The molecule has 0 spiro atoms. The highest BCUT2D eigenvalue weighted by atomic mass is 19.2. The highest BCUT2D eigenvalue weighted by Crippen LogP contribution is 2.30. The van der Waals surface area contributed by atoms with E-state index >= 15 is 35.1 Å². The monoisotopic (exact) mass is 889 g/mol. The van der Waals surface area contributed by atoms with Crippen LogP contribution in [0.1, 0.15) is 11.3 Å².